The molecule has 3 rings (SSSR count). The van der Waals surface area contributed by atoms with Crippen LogP contribution in [0.5, 0.6) is 0 Å². The molecule has 1 aromatic heterocycles. The second kappa shape index (κ2) is 6.18. The SMILES string of the molecule is CN1C(=O)C[C@H](C(=O)NC2CCCCC2)[C@@H]1c1cccs1. The molecular formula is C16H22N2O2S. The number of rotatable bonds is 3. The van der Waals surface area contributed by atoms with Gasteiger partial charge in [-0.25, -0.2) is 0 Å². The number of nitrogens with one attached hydrogen (secondary N) is 1. The summed E-state index contributed by atoms with van der Waals surface area (Å²) in [5, 5.41) is 5.18. The van der Waals surface area contributed by atoms with Gasteiger partial charge in [-0.15, -0.1) is 11.3 Å². The molecule has 0 aromatic carbocycles. The molecule has 0 spiro atoms. The van der Waals surface area contributed by atoms with Crippen molar-refractivity contribution in [1.29, 1.82) is 0 Å². The molecule has 1 aliphatic carbocycles. The fourth-order valence-corrected chi connectivity index (χ4v) is 4.44. The Morgan fingerprint density at radius 3 is 2.76 bits per heavy atom. The summed E-state index contributed by atoms with van der Waals surface area (Å²) in [6.45, 7) is 0. The van der Waals surface area contributed by atoms with Gasteiger partial charge in [0.1, 0.15) is 0 Å². The van der Waals surface area contributed by atoms with Crippen LogP contribution < -0.4 is 5.32 Å². The minimum Gasteiger partial charge on any atom is -0.353 e. The summed E-state index contributed by atoms with van der Waals surface area (Å²) in [5.74, 6) is -0.127. The number of likely N-dealkylation sites (tertiary alicyclic amines) is 1. The van der Waals surface area contributed by atoms with Gasteiger partial charge in [0.15, 0.2) is 0 Å². The number of thiophene rings is 1. The topological polar surface area (TPSA) is 49.4 Å². The van der Waals surface area contributed by atoms with E-state index in [-0.39, 0.29) is 23.8 Å². The number of amides is 2. The highest BCUT2D eigenvalue weighted by atomic mass is 32.1. The van der Waals surface area contributed by atoms with Gasteiger partial charge in [-0.1, -0.05) is 25.3 Å². The number of carbonyl (C=O) groups is 2. The summed E-state index contributed by atoms with van der Waals surface area (Å²) < 4.78 is 0. The molecule has 2 heterocycles. The summed E-state index contributed by atoms with van der Waals surface area (Å²) in [6, 6.07) is 4.20. The van der Waals surface area contributed by atoms with E-state index in [0.29, 0.717) is 12.5 Å². The van der Waals surface area contributed by atoms with Gasteiger partial charge in [0, 0.05) is 24.4 Å². The van der Waals surface area contributed by atoms with Crippen LogP contribution >= 0.6 is 11.3 Å². The molecule has 1 saturated heterocycles. The minimum atomic E-state index is -0.247. The Bertz CT molecular complexity index is 508. The normalized spacial score (nSPS) is 27.1. The quantitative estimate of drug-likeness (QED) is 0.933. The molecule has 2 fully saturated rings. The first-order valence-electron chi connectivity index (χ1n) is 7.76. The Labute approximate surface area is 129 Å². The van der Waals surface area contributed by atoms with Gasteiger partial charge in [0.25, 0.3) is 0 Å². The number of hydrogen-bond donors (Lipinski definition) is 1. The van der Waals surface area contributed by atoms with Crippen LogP contribution in [0.4, 0.5) is 0 Å². The monoisotopic (exact) mass is 306 g/mol. The van der Waals surface area contributed by atoms with E-state index in [1.165, 1.54) is 19.3 Å². The Kier molecular flexibility index (Phi) is 4.29. The van der Waals surface area contributed by atoms with Crippen LogP contribution in [0.2, 0.25) is 0 Å². The van der Waals surface area contributed by atoms with E-state index in [9.17, 15) is 9.59 Å². The maximum atomic E-state index is 12.6. The van der Waals surface area contributed by atoms with Crippen LogP contribution in [0, 0.1) is 5.92 Å². The summed E-state index contributed by atoms with van der Waals surface area (Å²) >= 11 is 1.62. The zero-order valence-electron chi connectivity index (χ0n) is 12.4. The summed E-state index contributed by atoms with van der Waals surface area (Å²) in [4.78, 5) is 27.5. The van der Waals surface area contributed by atoms with Crippen LogP contribution in [-0.4, -0.2) is 29.8 Å². The van der Waals surface area contributed by atoms with E-state index >= 15 is 0 Å². The smallest absolute Gasteiger partial charge is 0.226 e. The van der Waals surface area contributed by atoms with E-state index in [2.05, 4.69) is 5.32 Å². The second-order valence-electron chi connectivity index (χ2n) is 6.12. The fourth-order valence-electron chi connectivity index (χ4n) is 3.51. The van der Waals surface area contributed by atoms with Crippen molar-refractivity contribution in [1.82, 2.24) is 10.2 Å². The molecule has 2 atom stereocenters. The zero-order chi connectivity index (χ0) is 14.8. The van der Waals surface area contributed by atoms with E-state index < -0.39 is 0 Å². The lowest BCUT2D eigenvalue weighted by atomic mass is 9.93. The summed E-state index contributed by atoms with van der Waals surface area (Å²) in [7, 11) is 1.81. The van der Waals surface area contributed by atoms with Crippen molar-refractivity contribution in [2.45, 2.75) is 50.6 Å². The van der Waals surface area contributed by atoms with Crippen LogP contribution in [0.15, 0.2) is 17.5 Å². The largest absolute Gasteiger partial charge is 0.353 e. The minimum absolute atomic E-state index is 0.0537. The zero-order valence-corrected chi connectivity index (χ0v) is 13.2. The fraction of sp³-hybridized carbons (Fsp3) is 0.625. The Morgan fingerprint density at radius 1 is 1.33 bits per heavy atom. The van der Waals surface area contributed by atoms with Crippen LogP contribution in [-0.2, 0) is 9.59 Å². The van der Waals surface area contributed by atoms with Crippen molar-refractivity contribution in [3.05, 3.63) is 22.4 Å². The molecule has 2 amide bonds. The number of nitrogens with zero attached hydrogens (tertiary/aromatic N) is 1. The lowest BCUT2D eigenvalue weighted by molar-refractivity contribution is -0.128. The van der Waals surface area contributed by atoms with Gasteiger partial charge in [-0.05, 0) is 24.3 Å². The molecule has 1 saturated carbocycles. The molecule has 0 bridgehead atoms. The van der Waals surface area contributed by atoms with Crippen molar-refractivity contribution >= 4 is 23.2 Å². The average Bonchev–Trinajstić information content (AvgIpc) is 3.09. The molecule has 2 aliphatic rings. The molecule has 0 radical (unpaired) electrons. The van der Waals surface area contributed by atoms with Crippen molar-refractivity contribution in [3.8, 4) is 0 Å². The first-order chi connectivity index (χ1) is 10.2. The number of carbonyl (C=O) groups excluding carboxylic acids is 2. The molecular weight excluding hydrogens is 284 g/mol. The van der Waals surface area contributed by atoms with Gasteiger partial charge in [-0.2, -0.15) is 0 Å². The van der Waals surface area contributed by atoms with Gasteiger partial charge in [0.05, 0.1) is 12.0 Å². The van der Waals surface area contributed by atoms with Crippen molar-refractivity contribution in [2.24, 2.45) is 5.92 Å². The highest BCUT2D eigenvalue weighted by Crippen LogP contribution is 2.39. The Morgan fingerprint density at radius 2 is 2.10 bits per heavy atom. The lowest BCUT2D eigenvalue weighted by Gasteiger charge is -2.27. The van der Waals surface area contributed by atoms with Crippen molar-refractivity contribution in [3.63, 3.8) is 0 Å². The molecule has 114 valence electrons. The summed E-state index contributed by atoms with van der Waals surface area (Å²) in [5.41, 5.74) is 0. The van der Waals surface area contributed by atoms with Gasteiger partial charge >= 0.3 is 0 Å². The standard InChI is InChI=1S/C16H22N2O2S/c1-18-14(19)10-12(15(18)13-8-5-9-21-13)16(20)17-11-6-3-2-4-7-11/h5,8-9,11-12,15H,2-4,6-7,10H2,1H3,(H,17,20)/t12-,15+/m0/s1. The van der Waals surface area contributed by atoms with Gasteiger partial charge in [-0.3, -0.25) is 9.59 Å². The molecule has 5 heteroatoms. The van der Waals surface area contributed by atoms with E-state index in [1.54, 1.807) is 23.3 Å². The molecule has 0 unspecified atom stereocenters. The van der Waals surface area contributed by atoms with Crippen LogP contribution in [0.3, 0.4) is 0 Å². The third-order valence-electron chi connectivity index (χ3n) is 4.71. The van der Waals surface area contributed by atoms with Gasteiger partial charge < -0.3 is 10.2 Å². The van der Waals surface area contributed by atoms with Gasteiger partial charge in [0.2, 0.25) is 11.8 Å². The Balaban J connectivity index is 1.72. The predicted molar refractivity (Wildman–Crippen MR) is 83.0 cm³/mol. The molecule has 1 aliphatic heterocycles. The summed E-state index contributed by atoms with van der Waals surface area (Å²) in [6.07, 6.45) is 6.15. The maximum Gasteiger partial charge on any atom is 0.226 e. The molecule has 4 nitrogen and oxygen atoms in total. The molecule has 21 heavy (non-hydrogen) atoms. The highest BCUT2D eigenvalue weighted by Gasteiger charge is 2.43. The first-order valence-corrected chi connectivity index (χ1v) is 8.64. The van der Waals surface area contributed by atoms with E-state index in [1.807, 2.05) is 17.5 Å². The van der Waals surface area contributed by atoms with E-state index in [0.717, 1.165) is 17.7 Å². The third-order valence-corrected chi connectivity index (χ3v) is 5.65. The van der Waals surface area contributed by atoms with Crippen LogP contribution in [0.1, 0.15) is 49.4 Å². The Hall–Kier alpha value is -1.36. The third kappa shape index (κ3) is 2.98. The maximum absolute atomic E-state index is 12.6. The second-order valence-corrected chi connectivity index (χ2v) is 7.10. The highest BCUT2D eigenvalue weighted by molar-refractivity contribution is 7.10. The predicted octanol–water partition coefficient (Wildman–Crippen LogP) is 2.72. The lowest BCUT2D eigenvalue weighted by Crippen LogP contribution is -2.41. The number of hydrogen-bond acceptors (Lipinski definition) is 3. The first kappa shape index (κ1) is 14.6. The van der Waals surface area contributed by atoms with E-state index in [4.69, 9.17) is 0 Å². The van der Waals surface area contributed by atoms with Crippen molar-refractivity contribution in [2.75, 3.05) is 7.05 Å². The molecule has 1 N–H and O–H groups in total. The molecule has 1 aromatic rings. The average molecular weight is 306 g/mol. The van der Waals surface area contributed by atoms with Crippen LogP contribution in [0.25, 0.3) is 0 Å². The van der Waals surface area contributed by atoms with Crippen molar-refractivity contribution < 1.29 is 9.59 Å².